The van der Waals surface area contributed by atoms with Gasteiger partial charge in [-0.15, -0.1) is 0 Å². The molecule has 2 aliphatic rings. The van der Waals surface area contributed by atoms with E-state index in [2.05, 4.69) is 20.8 Å². The molecule has 6 nitrogen and oxygen atoms in total. The second kappa shape index (κ2) is 6.70. The number of anilines is 1. The topological polar surface area (TPSA) is 86.9 Å². The van der Waals surface area contributed by atoms with E-state index in [4.69, 9.17) is 0 Å². The molecule has 0 unspecified atom stereocenters. The first kappa shape index (κ1) is 15.9. The molecule has 2 amide bonds. The molecule has 1 aromatic heterocycles. The molecule has 2 saturated carbocycles. The summed E-state index contributed by atoms with van der Waals surface area (Å²) in [7, 11) is 0. The zero-order chi connectivity index (χ0) is 17.2. The van der Waals surface area contributed by atoms with E-state index in [9.17, 15) is 9.59 Å². The molecule has 0 radical (unpaired) electrons. The van der Waals surface area contributed by atoms with Crippen molar-refractivity contribution >= 4 is 17.5 Å². The molecule has 3 N–H and O–H groups in total. The number of amides is 2. The molecule has 25 heavy (non-hydrogen) atoms. The highest BCUT2D eigenvalue weighted by atomic mass is 16.2. The molecule has 0 spiro atoms. The minimum atomic E-state index is -0.139. The zero-order valence-corrected chi connectivity index (χ0v) is 14.0. The lowest BCUT2D eigenvalue weighted by atomic mass is 9.85. The lowest BCUT2D eigenvalue weighted by Gasteiger charge is -2.24. The van der Waals surface area contributed by atoms with Crippen LogP contribution in [0.4, 0.5) is 5.69 Å². The predicted molar refractivity (Wildman–Crippen MR) is 94.1 cm³/mol. The van der Waals surface area contributed by atoms with E-state index < -0.39 is 0 Å². The maximum atomic E-state index is 12.2. The van der Waals surface area contributed by atoms with Crippen LogP contribution in [0.2, 0.25) is 0 Å². The normalized spacial score (nSPS) is 17.0. The van der Waals surface area contributed by atoms with Gasteiger partial charge in [-0.25, -0.2) is 0 Å². The van der Waals surface area contributed by atoms with E-state index in [1.807, 2.05) is 6.07 Å². The third kappa shape index (κ3) is 3.73. The molecule has 0 bridgehead atoms. The molecule has 4 rings (SSSR count). The van der Waals surface area contributed by atoms with E-state index in [-0.39, 0.29) is 17.7 Å². The molecule has 1 heterocycles. The SMILES string of the molecule is O=C(NCc1cc(C2CC2)n[nH]1)c1ccc(NC(=O)C2CCC2)cc1. The van der Waals surface area contributed by atoms with Gasteiger partial charge in [-0.05, 0) is 56.0 Å². The lowest BCUT2D eigenvalue weighted by molar-refractivity contribution is -0.122. The quantitative estimate of drug-likeness (QED) is 0.757. The summed E-state index contributed by atoms with van der Waals surface area (Å²) < 4.78 is 0. The Hall–Kier alpha value is -2.63. The third-order valence-electron chi connectivity index (χ3n) is 4.98. The largest absolute Gasteiger partial charge is 0.346 e. The van der Waals surface area contributed by atoms with Gasteiger partial charge in [0, 0.05) is 23.1 Å². The monoisotopic (exact) mass is 338 g/mol. The summed E-state index contributed by atoms with van der Waals surface area (Å²) in [5.41, 5.74) is 3.31. The minimum absolute atomic E-state index is 0.0779. The van der Waals surface area contributed by atoms with E-state index >= 15 is 0 Å². The molecule has 130 valence electrons. The number of nitrogens with one attached hydrogen (secondary N) is 3. The van der Waals surface area contributed by atoms with Crippen molar-refractivity contribution in [3.05, 3.63) is 47.3 Å². The standard InChI is InChI=1S/C19H22N4O2/c24-18(20-11-16-10-17(23-22-16)12-4-5-12)14-6-8-15(9-7-14)21-19(25)13-2-1-3-13/h6-10,12-13H,1-5,11H2,(H,20,24)(H,21,25)(H,22,23). The van der Waals surface area contributed by atoms with Crippen molar-refractivity contribution in [1.29, 1.82) is 0 Å². The summed E-state index contributed by atoms with van der Waals surface area (Å²) in [6.07, 6.45) is 5.50. The van der Waals surface area contributed by atoms with Crippen molar-refractivity contribution in [3.63, 3.8) is 0 Å². The highest BCUT2D eigenvalue weighted by Gasteiger charge is 2.26. The van der Waals surface area contributed by atoms with Crippen molar-refractivity contribution in [1.82, 2.24) is 15.5 Å². The van der Waals surface area contributed by atoms with Gasteiger partial charge in [-0.2, -0.15) is 5.10 Å². The molecule has 0 aliphatic heterocycles. The Balaban J connectivity index is 1.29. The second-order valence-corrected chi connectivity index (χ2v) is 6.97. The first-order valence-electron chi connectivity index (χ1n) is 8.92. The summed E-state index contributed by atoms with van der Waals surface area (Å²) in [4.78, 5) is 24.2. The van der Waals surface area contributed by atoms with E-state index in [1.54, 1.807) is 24.3 Å². The fourth-order valence-electron chi connectivity index (χ4n) is 2.96. The van der Waals surface area contributed by atoms with Gasteiger partial charge in [0.05, 0.1) is 17.9 Å². The van der Waals surface area contributed by atoms with Crippen molar-refractivity contribution in [2.75, 3.05) is 5.32 Å². The van der Waals surface area contributed by atoms with Crippen LogP contribution in [0, 0.1) is 5.92 Å². The molecule has 0 saturated heterocycles. The van der Waals surface area contributed by atoms with Crippen LogP contribution in [0.25, 0.3) is 0 Å². The van der Waals surface area contributed by atoms with Gasteiger partial charge < -0.3 is 10.6 Å². The number of hydrogen-bond acceptors (Lipinski definition) is 3. The van der Waals surface area contributed by atoms with Crippen molar-refractivity contribution in [2.45, 2.75) is 44.6 Å². The smallest absolute Gasteiger partial charge is 0.251 e. The number of nitrogens with zero attached hydrogens (tertiary/aromatic N) is 1. The number of carbonyl (C=O) groups excluding carboxylic acids is 2. The van der Waals surface area contributed by atoms with Gasteiger partial charge in [0.25, 0.3) is 5.91 Å². The molecule has 0 atom stereocenters. The number of H-pyrrole nitrogens is 1. The summed E-state index contributed by atoms with van der Waals surface area (Å²) in [6.45, 7) is 0.429. The summed E-state index contributed by atoms with van der Waals surface area (Å²) in [5.74, 6) is 0.690. The van der Waals surface area contributed by atoms with Crippen molar-refractivity contribution in [3.8, 4) is 0 Å². The van der Waals surface area contributed by atoms with Gasteiger partial charge >= 0.3 is 0 Å². The lowest BCUT2D eigenvalue weighted by Crippen LogP contribution is -2.28. The number of benzene rings is 1. The number of hydrogen-bond donors (Lipinski definition) is 3. The number of rotatable bonds is 6. The molecule has 2 fully saturated rings. The number of aromatic nitrogens is 2. The van der Waals surface area contributed by atoms with Crippen LogP contribution in [0.1, 0.15) is 59.8 Å². The van der Waals surface area contributed by atoms with E-state index in [0.717, 1.165) is 36.3 Å². The first-order valence-corrected chi connectivity index (χ1v) is 8.92. The second-order valence-electron chi connectivity index (χ2n) is 6.97. The van der Waals surface area contributed by atoms with Crippen molar-refractivity contribution in [2.24, 2.45) is 5.92 Å². The van der Waals surface area contributed by atoms with Gasteiger partial charge in [0.15, 0.2) is 0 Å². The Morgan fingerprint density at radius 3 is 2.52 bits per heavy atom. The number of aromatic amines is 1. The fourth-order valence-corrected chi connectivity index (χ4v) is 2.96. The molecular formula is C19H22N4O2. The van der Waals surface area contributed by atoms with Gasteiger partial charge in [-0.1, -0.05) is 6.42 Å². The maximum absolute atomic E-state index is 12.2. The minimum Gasteiger partial charge on any atom is -0.346 e. The highest BCUT2D eigenvalue weighted by molar-refractivity contribution is 5.96. The Morgan fingerprint density at radius 1 is 1.12 bits per heavy atom. The van der Waals surface area contributed by atoms with E-state index in [0.29, 0.717) is 18.0 Å². The van der Waals surface area contributed by atoms with Crippen LogP contribution in [-0.2, 0) is 11.3 Å². The summed E-state index contributed by atoms with van der Waals surface area (Å²) >= 11 is 0. The Bertz CT molecular complexity index is 773. The Morgan fingerprint density at radius 2 is 1.88 bits per heavy atom. The van der Waals surface area contributed by atoms with Crippen molar-refractivity contribution < 1.29 is 9.59 Å². The zero-order valence-electron chi connectivity index (χ0n) is 14.0. The number of carbonyl (C=O) groups is 2. The van der Waals surface area contributed by atoms with Crippen LogP contribution in [0.5, 0.6) is 0 Å². The van der Waals surface area contributed by atoms with Crippen LogP contribution in [-0.4, -0.2) is 22.0 Å². The molecule has 6 heteroatoms. The molecule has 1 aromatic carbocycles. The molecule has 2 aliphatic carbocycles. The molecule has 2 aromatic rings. The summed E-state index contributed by atoms with van der Waals surface area (Å²) in [6, 6.07) is 9.03. The summed E-state index contributed by atoms with van der Waals surface area (Å²) in [5, 5.41) is 13.0. The average Bonchev–Trinajstić information content (AvgIpc) is 3.30. The molecular weight excluding hydrogens is 316 g/mol. The predicted octanol–water partition coefficient (Wildman–Crippen LogP) is 2.96. The third-order valence-corrected chi connectivity index (χ3v) is 4.98. The van der Waals surface area contributed by atoms with Crippen LogP contribution in [0.15, 0.2) is 30.3 Å². The van der Waals surface area contributed by atoms with Gasteiger partial charge in [-0.3, -0.25) is 14.7 Å². The highest BCUT2D eigenvalue weighted by Crippen LogP contribution is 2.38. The Labute approximate surface area is 146 Å². The van der Waals surface area contributed by atoms with E-state index in [1.165, 1.54) is 12.8 Å². The van der Waals surface area contributed by atoms with Gasteiger partial charge in [0.2, 0.25) is 5.91 Å². The Kier molecular flexibility index (Phi) is 4.26. The maximum Gasteiger partial charge on any atom is 0.251 e. The van der Waals surface area contributed by atoms with Crippen LogP contribution in [0.3, 0.4) is 0 Å². The average molecular weight is 338 g/mol. The van der Waals surface area contributed by atoms with Crippen LogP contribution >= 0.6 is 0 Å². The fraction of sp³-hybridized carbons (Fsp3) is 0.421. The van der Waals surface area contributed by atoms with Gasteiger partial charge in [0.1, 0.15) is 0 Å². The van der Waals surface area contributed by atoms with Crippen LogP contribution < -0.4 is 10.6 Å². The first-order chi connectivity index (χ1) is 12.2.